The molecule has 0 atom stereocenters. The molecule has 0 amide bonds. The normalized spacial score (nSPS) is 14.7. The summed E-state index contributed by atoms with van der Waals surface area (Å²) in [6, 6.07) is 13.1. The topological polar surface area (TPSA) is 54.9 Å². The zero-order valence-electron chi connectivity index (χ0n) is 14.0. The van der Waals surface area contributed by atoms with Crippen LogP contribution in [0.2, 0.25) is 0 Å². The Morgan fingerprint density at radius 3 is 2.44 bits per heavy atom. The summed E-state index contributed by atoms with van der Waals surface area (Å²) in [6.45, 7) is 3.99. The van der Waals surface area contributed by atoms with Crippen molar-refractivity contribution in [2.75, 3.05) is 0 Å². The number of nitrogens with one attached hydrogen (secondary N) is 1. The van der Waals surface area contributed by atoms with Crippen LogP contribution in [0.3, 0.4) is 0 Å². The van der Waals surface area contributed by atoms with Gasteiger partial charge >= 0.3 is 5.69 Å². The number of benzene rings is 2. The fourth-order valence-electron chi connectivity index (χ4n) is 3.67. The summed E-state index contributed by atoms with van der Waals surface area (Å²) >= 11 is 0. The molecule has 126 valence electrons. The number of halogens is 1. The van der Waals surface area contributed by atoms with Crippen molar-refractivity contribution in [1.29, 1.82) is 0 Å². The van der Waals surface area contributed by atoms with E-state index in [0.717, 1.165) is 15.7 Å². The molecule has 0 spiro atoms. The van der Waals surface area contributed by atoms with E-state index in [1.807, 2.05) is 38.1 Å². The molecule has 2 aromatic carbocycles. The van der Waals surface area contributed by atoms with Gasteiger partial charge in [-0.2, -0.15) is 0 Å². The average molecular weight is 336 g/mol. The van der Waals surface area contributed by atoms with Gasteiger partial charge in [0.15, 0.2) is 0 Å². The Bertz CT molecular complexity index is 1090. The maximum absolute atomic E-state index is 13.2. The lowest BCUT2D eigenvalue weighted by Crippen LogP contribution is -2.43. The predicted octanol–water partition coefficient (Wildman–Crippen LogP) is 3.17. The quantitative estimate of drug-likeness (QED) is 0.742. The van der Waals surface area contributed by atoms with E-state index in [2.05, 4.69) is 4.98 Å². The Morgan fingerprint density at radius 1 is 1.04 bits per heavy atom. The molecule has 0 aliphatic heterocycles. The van der Waals surface area contributed by atoms with E-state index in [1.165, 1.54) is 24.3 Å². The molecular weight excluding hydrogens is 319 g/mol. The second-order valence-electron chi connectivity index (χ2n) is 7.01. The number of rotatable bonds is 1. The van der Waals surface area contributed by atoms with E-state index in [1.54, 1.807) is 0 Å². The Morgan fingerprint density at radius 2 is 1.72 bits per heavy atom. The second kappa shape index (κ2) is 5.28. The molecule has 0 saturated heterocycles. The maximum Gasteiger partial charge on any atom is 0.333 e. The SMILES string of the molecule is CC1(C)Cc2ccccc2-c2[nH]c(=O)n(-c3ccc(F)cc3)c(=O)c21. The van der Waals surface area contributed by atoms with E-state index in [0.29, 0.717) is 23.4 Å². The van der Waals surface area contributed by atoms with Crippen molar-refractivity contribution in [3.8, 4) is 16.9 Å². The highest BCUT2D eigenvalue weighted by Crippen LogP contribution is 2.39. The van der Waals surface area contributed by atoms with E-state index < -0.39 is 16.9 Å². The fourth-order valence-corrected chi connectivity index (χ4v) is 3.67. The molecule has 3 aromatic rings. The third kappa shape index (κ3) is 2.35. The third-order valence-electron chi connectivity index (χ3n) is 4.78. The minimum Gasteiger partial charge on any atom is -0.306 e. The summed E-state index contributed by atoms with van der Waals surface area (Å²) in [7, 11) is 0. The fraction of sp³-hybridized carbons (Fsp3) is 0.200. The van der Waals surface area contributed by atoms with Gasteiger partial charge in [0.1, 0.15) is 5.82 Å². The Hall–Kier alpha value is -2.95. The molecule has 1 N–H and O–H groups in total. The zero-order chi connectivity index (χ0) is 17.8. The standard InChI is InChI=1S/C20H17FN2O2/c1-20(2)11-12-5-3-4-6-15(12)17-16(20)18(24)23(19(25)22-17)14-9-7-13(21)8-10-14/h3-10H,11H2,1-2H3,(H,22,25). The minimum atomic E-state index is -0.525. The summed E-state index contributed by atoms with van der Waals surface area (Å²) in [5.74, 6) is -0.416. The molecule has 1 aliphatic rings. The van der Waals surface area contributed by atoms with Gasteiger partial charge in [-0.1, -0.05) is 38.1 Å². The molecule has 1 heterocycles. The van der Waals surface area contributed by atoms with Crippen LogP contribution in [-0.4, -0.2) is 9.55 Å². The van der Waals surface area contributed by atoms with Crippen LogP contribution in [0.1, 0.15) is 25.0 Å². The number of hydrogen-bond acceptors (Lipinski definition) is 2. The lowest BCUT2D eigenvalue weighted by atomic mass is 9.72. The number of aromatic nitrogens is 2. The Labute approximate surface area is 143 Å². The van der Waals surface area contributed by atoms with E-state index in [4.69, 9.17) is 0 Å². The zero-order valence-corrected chi connectivity index (χ0v) is 14.0. The summed E-state index contributed by atoms with van der Waals surface area (Å²) in [5.41, 5.74) is 2.20. The lowest BCUT2D eigenvalue weighted by Gasteiger charge is -2.33. The molecule has 5 heteroatoms. The van der Waals surface area contributed by atoms with Crippen molar-refractivity contribution in [2.45, 2.75) is 25.7 Å². The first-order valence-electron chi connectivity index (χ1n) is 8.12. The van der Waals surface area contributed by atoms with Gasteiger partial charge in [0.05, 0.1) is 11.4 Å². The number of nitrogens with zero attached hydrogens (tertiary/aromatic N) is 1. The first kappa shape index (κ1) is 15.6. The van der Waals surface area contributed by atoms with Crippen LogP contribution >= 0.6 is 0 Å². The molecule has 0 unspecified atom stereocenters. The van der Waals surface area contributed by atoms with Gasteiger partial charge in [-0.05, 0) is 36.2 Å². The monoisotopic (exact) mass is 336 g/mol. The molecule has 0 radical (unpaired) electrons. The second-order valence-corrected chi connectivity index (χ2v) is 7.01. The summed E-state index contributed by atoms with van der Waals surface area (Å²) < 4.78 is 14.3. The van der Waals surface area contributed by atoms with Gasteiger partial charge in [-0.15, -0.1) is 0 Å². The third-order valence-corrected chi connectivity index (χ3v) is 4.78. The van der Waals surface area contributed by atoms with Gasteiger partial charge < -0.3 is 4.98 Å². The van der Waals surface area contributed by atoms with Gasteiger partial charge in [0.25, 0.3) is 5.56 Å². The first-order valence-corrected chi connectivity index (χ1v) is 8.12. The maximum atomic E-state index is 13.2. The molecule has 0 fully saturated rings. The predicted molar refractivity (Wildman–Crippen MR) is 94.8 cm³/mol. The van der Waals surface area contributed by atoms with Crippen LogP contribution in [0.4, 0.5) is 4.39 Å². The lowest BCUT2D eigenvalue weighted by molar-refractivity contribution is 0.502. The average Bonchev–Trinajstić information content (AvgIpc) is 2.55. The number of H-pyrrole nitrogens is 1. The van der Waals surface area contributed by atoms with E-state index >= 15 is 0 Å². The van der Waals surface area contributed by atoms with Crippen molar-refractivity contribution >= 4 is 0 Å². The van der Waals surface area contributed by atoms with E-state index in [-0.39, 0.29) is 5.56 Å². The molecular formula is C20H17FN2O2. The first-order chi connectivity index (χ1) is 11.9. The summed E-state index contributed by atoms with van der Waals surface area (Å²) in [5, 5.41) is 0. The molecule has 1 aliphatic carbocycles. The van der Waals surface area contributed by atoms with E-state index in [9.17, 15) is 14.0 Å². The van der Waals surface area contributed by atoms with Gasteiger partial charge in [-0.25, -0.2) is 13.8 Å². The van der Waals surface area contributed by atoms with Gasteiger partial charge in [0.2, 0.25) is 0 Å². The highest BCUT2D eigenvalue weighted by molar-refractivity contribution is 5.71. The summed E-state index contributed by atoms with van der Waals surface area (Å²) in [6.07, 6.45) is 0.709. The molecule has 1 aromatic heterocycles. The highest BCUT2D eigenvalue weighted by atomic mass is 19.1. The van der Waals surface area contributed by atoms with Crippen molar-refractivity contribution < 1.29 is 4.39 Å². The molecule has 0 saturated carbocycles. The number of aromatic amines is 1. The van der Waals surface area contributed by atoms with Crippen LogP contribution in [0.15, 0.2) is 58.1 Å². The van der Waals surface area contributed by atoms with Crippen molar-refractivity contribution in [2.24, 2.45) is 0 Å². The largest absolute Gasteiger partial charge is 0.333 e. The molecule has 4 nitrogen and oxygen atoms in total. The van der Waals surface area contributed by atoms with Crippen molar-refractivity contribution in [1.82, 2.24) is 9.55 Å². The highest BCUT2D eigenvalue weighted by Gasteiger charge is 2.35. The summed E-state index contributed by atoms with van der Waals surface area (Å²) in [4.78, 5) is 28.7. The van der Waals surface area contributed by atoms with Crippen LogP contribution in [0.5, 0.6) is 0 Å². The molecule has 25 heavy (non-hydrogen) atoms. The Balaban J connectivity index is 2.07. The molecule has 4 rings (SSSR count). The minimum absolute atomic E-state index is 0.352. The van der Waals surface area contributed by atoms with Crippen LogP contribution in [-0.2, 0) is 11.8 Å². The number of fused-ring (bicyclic) bond motifs is 3. The van der Waals surface area contributed by atoms with Crippen LogP contribution in [0, 0.1) is 5.82 Å². The number of hydrogen-bond donors (Lipinski definition) is 1. The van der Waals surface area contributed by atoms with Crippen LogP contribution in [0.25, 0.3) is 16.9 Å². The van der Waals surface area contributed by atoms with Gasteiger partial charge in [-0.3, -0.25) is 4.79 Å². The Kier molecular flexibility index (Phi) is 3.29. The smallest absolute Gasteiger partial charge is 0.306 e. The van der Waals surface area contributed by atoms with Crippen molar-refractivity contribution in [3.05, 3.63) is 86.3 Å². The molecule has 0 bridgehead atoms. The van der Waals surface area contributed by atoms with Crippen molar-refractivity contribution in [3.63, 3.8) is 0 Å². The van der Waals surface area contributed by atoms with Crippen LogP contribution < -0.4 is 11.2 Å². The van der Waals surface area contributed by atoms with Gasteiger partial charge in [0, 0.05) is 16.5 Å².